The normalized spacial score (nSPS) is 23.9. The van der Waals surface area contributed by atoms with Crippen LogP contribution in [-0.4, -0.2) is 48.7 Å². The predicted octanol–water partition coefficient (Wildman–Crippen LogP) is 7.49. The van der Waals surface area contributed by atoms with Gasteiger partial charge >= 0.3 is 18.4 Å². The highest BCUT2D eigenvalue weighted by Gasteiger charge is 2.40. The van der Waals surface area contributed by atoms with Crippen LogP contribution in [0.5, 0.6) is 0 Å². The molecule has 0 radical (unpaired) electrons. The molecule has 1 aliphatic heterocycles. The molecule has 0 bridgehead atoms. The molecule has 1 N–H and O–H groups in total. The van der Waals surface area contributed by atoms with Crippen molar-refractivity contribution in [2.75, 3.05) is 19.7 Å². The van der Waals surface area contributed by atoms with Gasteiger partial charge in [-0.1, -0.05) is 30.3 Å². The molecule has 1 saturated carbocycles. The molecule has 0 unspecified atom stereocenters. The van der Waals surface area contributed by atoms with E-state index in [1.165, 1.54) is 6.92 Å². The van der Waals surface area contributed by atoms with Crippen LogP contribution in [0.1, 0.15) is 80.2 Å². The van der Waals surface area contributed by atoms with Gasteiger partial charge in [-0.2, -0.15) is 26.3 Å². The summed E-state index contributed by atoms with van der Waals surface area (Å²) in [6.45, 7) is 4.09. The van der Waals surface area contributed by atoms with Gasteiger partial charge in [0, 0.05) is 31.0 Å². The van der Waals surface area contributed by atoms with Gasteiger partial charge in [-0.15, -0.1) is 0 Å². The van der Waals surface area contributed by atoms with Gasteiger partial charge in [0.2, 0.25) is 5.91 Å². The first-order valence-corrected chi connectivity index (χ1v) is 14.5. The minimum absolute atomic E-state index is 0.00490. The van der Waals surface area contributed by atoms with Gasteiger partial charge in [0.25, 0.3) is 0 Å². The van der Waals surface area contributed by atoms with E-state index in [2.05, 4.69) is 5.32 Å². The second-order valence-electron chi connectivity index (χ2n) is 11.2. The number of piperidine rings is 1. The number of hydrogen-bond donors (Lipinski definition) is 1. The van der Waals surface area contributed by atoms with E-state index in [0.717, 1.165) is 5.56 Å². The van der Waals surface area contributed by atoms with E-state index in [0.29, 0.717) is 57.3 Å². The third kappa shape index (κ3) is 8.43. The van der Waals surface area contributed by atoms with Gasteiger partial charge in [-0.05, 0) is 75.3 Å². The summed E-state index contributed by atoms with van der Waals surface area (Å²) in [5.74, 6) is -0.551. The van der Waals surface area contributed by atoms with E-state index in [4.69, 9.17) is 9.47 Å². The quantitative estimate of drug-likeness (QED) is 0.328. The van der Waals surface area contributed by atoms with Crippen molar-refractivity contribution in [1.82, 2.24) is 10.2 Å². The summed E-state index contributed by atoms with van der Waals surface area (Å²) in [6.07, 6.45) is -9.13. The number of benzene rings is 2. The Labute approximate surface area is 246 Å². The fraction of sp³-hybridized carbons (Fsp3) is 0.548. The Balaban J connectivity index is 1.48. The number of likely N-dealkylation sites (tertiary alicyclic amines) is 1. The molecule has 12 heteroatoms. The molecule has 1 saturated heterocycles. The van der Waals surface area contributed by atoms with E-state index in [1.54, 1.807) is 11.8 Å². The first-order valence-electron chi connectivity index (χ1n) is 14.5. The Morgan fingerprint density at radius 3 is 2.09 bits per heavy atom. The van der Waals surface area contributed by atoms with E-state index in [9.17, 15) is 35.9 Å². The molecule has 43 heavy (non-hydrogen) atoms. The summed E-state index contributed by atoms with van der Waals surface area (Å²) in [4.78, 5) is 27.1. The molecule has 3 atom stereocenters. The summed E-state index contributed by atoms with van der Waals surface area (Å²) in [5, 5.41) is 2.82. The van der Waals surface area contributed by atoms with Gasteiger partial charge in [0.1, 0.15) is 0 Å². The monoisotopic (exact) mass is 614 g/mol. The SMILES string of the molecule is CCOC(=O)NC1CCC(C(=O)N2CC[C@H](O[C@H](C)c3cc(C(F)(F)F)cc(C(F)(F)F)c3)[C@H](c3ccccc3)C2)CC1. The van der Waals surface area contributed by atoms with Gasteiger partial charge < -0.3 is 19.7 Å². The van der Waals surface area contributed by atoms with Crippen LogP contribution < -0.4 is 5.32 Å². The summed E-state index contributed by atoms with van der Waals surface area (Å²) < 4.78 is 91.9. The van der Waals surface area contributed by atoms with Crippen molar-refractivity contribution in [3.63, 3.8) is 0 Å². The Morgan fingerprint density at radius 2 is 1.53 bits per heavy atom. The third-order valence-electron chi connectivity index (χ3n) is 8.22. The maximum Gasteiger partial charge on any atom is 0.416 e. The largest absolute Gasteiger partial charge is 0.450 e. The highest BCUT2D eigenvalue weighted by molar-refractivity contribution is 5.79. The van der Waals surface area contributed by atoms with E-state index < -0.39 is 41.8 Å². The van der Waals surface area contributed by atoms with Gasteiger partial charge in [-0.25, -0.2) is 4.79 Å². The molecule has 2 aromatic rings. The number of ether oxygens (including phenoxy) is 2. The highest BCUT2D eigenvalue weighted by Crippen LogP contribution is 2.40. The molecule has 6 nitrogen and oxygen atoms in total. The summed E-state index contributed by atoms with van der Waals surface area (Å²) in [6, 6.07) is 10.7. The maximum atomic E-state index is 13.5. The fourth-order valence-corrected chi connectivity index (χ4v) is 5.95. The highest BCUT2D eigenvalue weighted by atomic mass is 19.4. The number of hydrogen-bond acceptors (Lipinski definition) is 4. The molecule has 1 heterocycles. The number of alkyl halides is 6. The maximum absolute atomic E-state index is 13.5. The Kier molecular flexibility index (Phi) is 10.3. The summed E-state index contributed by atoms with van der Waals surface area (Å²) in [7, 11) is 0. The zero-order valence-electron chi connectivity index (χ0n) is 24.0. The molecule has 2 fully saturated rings. The zero-order chi connectivity index (χ0) is 31.4. The number of rotatable bonds is 7. The molecule has 0 aromatic heterocycles. The summed E-state index contributed by atoms with van der Waals surface area (Å²) in [5.41, 5.74) is -2.14. The van der Waals surface area contributed by atoms with Crippen molar-refractivity contribution >= 4 is 12.0 Å². The Morgan fingerprint density at radius 1 is 0.930 bits per heavy atom. The lowest BCUT2D eigenvalue weighted by molar-refractivity contribution is -0.143. The molecule has 236 valence electrons. The van der Waals surface area contributed by atoms with Crippen LogP contribution in [0.3, 0.4) is 0 Å². The molecular weight excluding hydrogens is 578 g/mol. The van der Waals surface area contributed by atoms with Crippen LogP contribution >= 0.6 is 0 Å². The average molecular weight is 615 g/mol. The van der Waals surface area contributed by atoms with Crippen LogP contribution in [0.4, 0.5) is 31.1 Å². The molecular formula is C31H36F6N2O4. The Bertz CT molecular complexity index is 1210. The lowest BCUT2D eigenvalue weighted by atomic mass is 9.83. The first-order chi connectivity index (χ1) is 20.3. The fourth-order valence-electron chi connectivity index (χ4n) is 5.95. The number of nitrogens with zero attached hydrogens (tertiary/aromatic N) is 1. The molecule has 0 spiro atoms. The van der Waals surface area contributed by atoms with Crippen LogP contribution in [-0.2, 0) is 26.6 Å². The lowest BCUT2D eigenvalue weighted by Crippen LogP contribution is -2.49. The smallest absolute Gasteiger partial charge is 0.416 e. The number of carbonyl (C=O) groups is 2. The van der Waals surface area contributed by atoms with E-state index in [1.807, 2.05) is 30.3 Å². The van der Waals surface area contributed by atoms with Gasteiger partial charge in [-0.3, -0.25) is 4.79 Å². The van der Waals surface area contributed by atoms with Gasteiger partial charge in [0.05, 0.1) is 29.9 Å². The zero-order valence-corrected chi connectivity index (χ0v) is 24.0. The van der Waals surface area contributed by atoms with Crippen LogP contribution in [0.25, 0.3) is 0 Å². The van der Waals surface area contributed by atoms with Crippen molar-refractivity contribution in [1.29, 1.82) is 0 Å². The minimum Gasteiger partial charge on any atom is -0.450 e. The van der Waals surface area contributed by atoms with Crippen LogP contribution in [0, 0.1) is 5.92 Å². The Hall–Kier alpha value is -3.28. The number of carbonyl (C=O) groups excluding carboxylic acids is 2. The average Bonchev–Trinajstić information content (AvgIpc) is 2.97. The number of halogens is 6. The minimum atomic E-state index is -4.96. The number of amides is 2. The second kappa shape index (κ2) is 13.6. The molecule has 4 rings (SSSR count). The standard InChI is InChI=1S/C31H36F6N2O4/c1-3-42-29(41)38-25-11-9-21(10-12-25)28(40)39-14-13-27(26(18-39)20-7-5-4-6-8-20)43-19(2)22-15-23(30(32,33)34)17-24(16-22)31(35,36)37/h4-8,15-17,19,21,25-27H,3,9-14,18H2,1-2H3,(H,38,41)/t19-,21?,25?,26+,27+/m1/s1. The van der Waals surface area contributed by atoms with Crippen LogP contribution in [0.15, 0.2) is 48.5 Å². The van der Waals surface area contributed by atoms with Crippen molar-refractivity contribution in [2.45, 2.75) is 82.5 Å². The van der Waals surface area contributed by atoms with Gasteiger partial charge in [0.15, 0.2) is 0 Å². The van der Waals surface area contributed by atoms with Crippen molar-refractivity contribution in [3.8, 4) is 0 Å². The molecule has 2 aliphatic rings. The number of nitrogens with one attached hydrogen (secondary N) is 1. The molecule has 2 aromatic carbocycles. The number of alkyl carbamates (subject to hydrolysis) is 1. The molecule has 2 amide bonds. The summed E-state index contributed by atoms with van der Waals surface area (Å²) >= 11 is 0. The van der Waals surface area contributed by atoms with Crippen molar-refractivity contribution in [2.24, 2.45) is 5.92 Å². The van der Waals surface area contributed by atoms with Crippen molar-refractivity contribution in [3.05, 3.63) is 70.8 Å². The topological polar surface area (TPSA) is 67.9 Å². The molecule has 1 aliphatic carbocycles. The third-order valence-corrected chi connectivity index (χ3v) is 8.22. The van der Waals surface area contributed by atoms with Crippen molar-refractivity contribution < 1.29 is 45.4 Å². The second-order valence-corrected chi connectivity index (χ2v) is 11.2. The van der Waals surface area contributed by atoms with E-state index in [-0.39, 0.29) is 42.0 Å². The van der Waals surface area contributed by atoms with E-state index >= 15 is 0 Å². The first kappa shape index (κ1) is 32.6. The predicted molar refractivity (Wildman–Crippen MR) is 146 cm³/mol. The lowest BCUT2D eigenvalue weighted by Gasteiger charge is -2.41. The van der Waals surface area contributed by atoms with Crippen LogP contribution in [0.2, 0.25) is 0 Å².